The van der Waals surface area contributed by atoms with E-state index in [0.29, 0.717) is 5.56 Å². The number of pyridine rings is 1. The Balaban J connectivity index is 1.73. The Morgan fingerprint density at radius 3 is 2.48 bits per heavy atom. The molecule has 0 aliphatic heterocycles. The second-order valence-corrected chi connectivity index (χ2v) is 7.42. The van der Waals surface area contributed by atoms with Crippen LogP contribution in [-0.4, -0.2) is 19.3 Å². The van der Waals surface area contributed by atoms with E-state index in [1.165, 1.54) is 12.1 Å². The minimum atomic E-state index is -3.86. The van der Waals surface area contributed by atoms with Gasteiger partial charge in [-0.15, -0.1) is 0 Å². The predicted octanol–water partition coefficient (Wildman–Crippen LogP) is 2.84. The molecule has 0 bridgehead atoms. The van der Waals surface area contributed by atoms with Crippen LogP contribution in [0.15, 0.2) is 65.7 Å². The molecule has 0 unspecified atom stereocenters. The molecule has 1 aromatic heterocycles. The van der Waals surface area contributed by atoms with E-state index in [-0.39, 0.29) is 11.3 Å². The molecule has 1 amide bonds. The zero-order valence-corrected chi connectivity index (χ0v) is 14.6. The van der Waals surface area contributed by atoms with Crippen LogP contribution < -0.4 is 4.72 Å². The highest BCUT2D eigenvalue weighted by Gasteiger charge is 2.17. The van der Waals surface area contributed by atoms with Gasteiger partial charge in [0.1, 0.15) is 0 Å². The van der Waals surface area contributed by atoms with Gasteiger partial charge in [0.2, 0.25) is 5.91 Å². The topological polar surface area (TPSA) is 76.1 Å². The Morgan fingerprint density at radius 1 is 1.04 bits per heavy atom. The van der Waals surface area contributed by atoms with Gasteiger partial charge in [0, 0.05) is 11.6 Å². The molecule has 0 spiro atoms. The van der Waals surface area contributed by atoms with Crippen molar-refractivity contribution in [2.45, 2.75) is 24.7 Å². The molecule has 0 atom stereocenters. The third kappa shape index (κ3) is 4.03. The molecule has 3 aromatic rings. The third-order valence-electron chi connectivity index (χ3n) is 3.93. The molecule has 6 heteroatoms. The fourth-order valence-corrected chi connectivity index (χ4v) is 3.54. The molecule has 0 fully saturated rings. The molecule has 0 saturated heterocycles. The monoisotopic (exact) mass is 354 g/mol. The number of fused-ring (bicyclic) bond motifs is 1. The number of rotatable bonds is 5. The Labute approximate surface area is 146 Å². The fourth-order valence-electron chi connectivity index (χ4n) is 2.56. The predicted molar refractivity (Wildman–Crippen MR) is 96.6 cm³/mol. The maximum atomic E-state index is 12.3. The van der Waals surface area contributed by atoms with Crippen molar-refractivity contribution in [3.8, 4) is 0 Å². The van der Waals surface area contributed by atoms with Gasteiger partial charge in [0.15, 0.2) is 0 Å². The van der Waals surface area contributed by atoms with Crippen molar-refractivity contribution < 1.29 is 13.2 Å². The van der Waals surface area contributed by atoms with Crippen LogP contribution in [0.3, 0.4) is 0 Å². The van der Waals surface area contributed by atoms with Crippen molar-refractivity contribution in [1.82, 2.24) is 9.71 Å². The smallest absolute Gasteiger partial charge is 0.264 e. The van der Waals surface area contributed by atoms with Crippen LogP contribution in [0.4, 0.5) is 0 Å². The number of nitrogens with zero attached hydrogens (tertiary/aromatic N) is 1. The largest absolute Gasteiger partial charge is 0.274 e. The van der Waals surface area contributed by atoms with Crippen LogP contribution >= 0.6 is 0 Å². The molecule has 3 rings (SSSR count). The Morgan fingerprint density at radius 2 is 1.76 bits per heavy atom. The normalized spacial score (nSPS) is 11.4. The third-order valence-corrected chi connectivity index (χ3v) is 5.31. The van der Waals surface area contributed by atoms with Gasteiger partial charge in [-0.05, 0) is 41.8 Å². The van der Waals surface area contributed by atoms with Crippen LogP contribution in [0.1, 0.15) is 18.1 Å². The molecule has 25 heavy (non-hydrogen) atoms. The molecule has 0 aliphatic carbocycles. The lowest BCUT2D eigenvalue weighted by Crippen LogP contribution is -2.31. The van der Waals surface area contributed by atoms with E-state index < -0.39 is 15.9 Å². The Bertz CT molecular complexity index is 1010. The summed E-state index contributed by atoms with van der Waals surface area (Å²) < 4.78 is 26.7. The first-order chi connectivity index (χ1) is 12.0. The molecule has 0 radical (unpaired) electrons. The van der Waals surface area contributed by atoms with Gasteiger partial charge >= 0.3 is 0 Å². The van der Waals surface area contributed by atoms with Crippen LogP contribution in [0.5, 0.6) is 0 Å². The summed E-state index contributed by atoms with van der Waals surface area (Å²) in [5.41, 5.74) is 2.51. The van der Waals surface area contributed by atoms with Crippen LogP contribution in [0.2, 0.25) is 0 Å². The van der Waals surface area contributed by atoms with Crippen molar-refractivity contribution in [3.05, 3.63) is 71.9 Å². The number of nitrogens with one attached hydrogen (secondary N) is 1. The second-order valence-electron chi connectivity index (χ2n) is 5.73. The lowest BCUT2D eigenvalue weighted by molar-refractivity contribution is -0.118. The van der Waals surface area contributed by atoms with E-state index in [9.17, 15) is 13.2 Å². The van der Waals surface area contributed by atoms with Crippen molar-refractivity contribution in [2.75, 3.05) is 0 Å². The minimum absolute atomic E-state index is 0.0290. The standard InChI is InChI=1S/C19H18N2O3S/c1-2-14-6-9-17(10-7-14)25(23,24)21-19(22)13-15-5-8-16-4-3-11-20-18(16)12-15/h3-12H,2,13H2,1H3,(H,21,22). The van der Waals surface area contributed by atoms with Gasteiger partial charge in [-0.3, -0.25) is 9.78 Å². The first-order valence-electron chi connectivity index (χ1n) is 7.96. The van der Waals surface area contributed by atoms with Crippen molar-refractivity contribution in [2.24, 2.45) is 0 Å². The maximum absolute atomic E-state index is 12.3. The fraction of sp³-hybridized carbons (Fsp3) is 0.158. The Kier molecular flexibility index (Phi) is 4.81. The maximum Gasteiger partial charge on any atom is 0.264 e. The van der Waals surface area contributed by atoms with Gasteiger partial charge < -0.3 is 0 Å². The molecule has 0 saturated carbocycles. The number of amides is 1. The summed E-state index contributed by atoms with van der Waals surface area (Å²) in [5.74, 6) is -0.574. The first kappa shape index (κ1) is 17.1. The number of benzene rings is 2. The highest BCUT2D eigenvalue weighted by Crippen LogP contribution is 2.15. The molecule has 5 nitrogen and oxygen atoms in total. The molecule has 2 aromatic carbocycles. The summed E-state index contributed by atoms with van der Waals surface area (Å²) in [7, 11) is -3.86. The van der Waals surface area contributed by atoms with E-state index in [1.807, 2.05) is 25.1 Å². The van der Waals surface area contributed by atoms with Crippen molar-refractivity contribution in [1.29, 1.82) is 0 Å². The summed E-state index contributed by atoms with van der Waals surface area (Å²) in [6, 6.07) is 15.7. The summed E-state index contributed by atoms with van der Waals surface area (Å²) in [5, 5.41) is 0.968. The zero-order valence-electron chi connectivity index (χ0n) is 13.8. The molecule has 128 valence electrons. The van der Waals surface area contributed by atoms with E-state index in [0.717, 1.165) is 22.9 Å². The number of hydrogen-bond acceptors (Lipinski definition) is 4. The second kappa shape index (κ2) is 7.03. The number of carbonyl (C=O) groups excluding carboxylic acids is 1. The van der Waals surface area contributed by atoms with Gasteiger partial charge in [0.05, 0.1) is 16.8 Å². The summed E-state index contributed by atoms with van der Waals surface area (Å²) in [4.78, 5) is 16.5. The zero-order chi connectivity index (χ0) is 17.9. The minimum Gasteiger partial charge on any atom is -0.274 e. The summed E-state index contributed by atoms with van der Waals surface area (Å²) >= 11 is 0. The van der Waals surface area contributed by atoms with Gasteiger partial charge in [0.25, 0.3) is 10.0 Å². The number of aromatic nitrogens is 1. The first-order valence-corrected chi connectivity index (χ1v) is 9.44. The highest BCUT2D eigenvalue weighted by molar-refractivity contribution is 7.90. The van der Waals surface area contributed by atoms with E-state index in [1.54, 1.807) is 30.5 Å². The van der Waals surface area contributed by atoms with Gasteiger partial charge in [-0.1, -0.05) is 37.3 Å². The van der Waals surface area contributed by atoms with Crippen LogP contribution in [-0.2, 0) is 27.7 Å². The molecule has 1 heterocycles. The summed E-state index contributed by atoms with van der Waals surface area (Å²) in [6.07, 6.45) is 2.47. The van der Waals surface area contributed by atoms with E-state index in [4.69, 9.17) is 0 Å². The van der Waals surface area contributed by atoms with Gasteiger partial charge in [-0.2, -0.15) is 0 Å². The number of sulfonamides is 1. The summed E-state index contributed by atoms with van der Waals surface area (Å²) in [6.45, 7) is 1.99. The number of aryl methyl sites for hydroxylation is 1. The van der Waals surface area contributed by atoms with Crippen molar-refractivity contribution in [3.63, 3.8) is 0 Å². The van der Waals surface area contributed by atoms with Crippen molar-refractivity contribution >= 4 is 26.8 Å². The Hall–Kier alpha value is -2.73. The van der Waals surface area contributed by atoms with E-state index in [2.05, 4.69) is 9.71 Å². The molecule has 1 N–H and O–H groups in total. The average molecular weight is 354 g/mol. The van der Waals surface area contributed by atoms with E-state index >= 15 is 0 Å². The van der Waals surface area contributed by atoms with Gasteiger partial charge in [-0.25, -0.2) is 13.1 Å². The highest BCUT2D eigenvalue weighted by atomic mass is 32.2. The quantitative estimate of drug-likeness (QED) is 0.764. The lowest BCUT2D eigenvalue weighted by Gasteiger charge is -2.08. The number of hydrogen-bond donors (Lipinski definition) is 1. The average Bonchev–Trinajstić information content (AvgIpc) is 2.61. The molecule has 0 aliphatic rings. The van der Waals surface area contributed by atoms with Crippen LogP contribution in [0, 0.1) is 0 Å². The SMILES string of the molecule is CCc1ccc(S(=O)(=O)NC(=O)Cc2ccc3cccnc3c2)cc1. The molecular formula is C19H18N2O3S. The van der Waals surface area contributed by atoms with Crippen LogP contribution in [0.25, 0.3) is 10.9 Å². The number of carbonyl (C=O) groups is 1. The lowest BCUT2D eigenvalue weighted by atomic mass is 10.1. The molecular weight excluding hydrogens is 336 g/mol.